The summed E-state index contributed by atoms with van der Waals surface area (Å²) in [6.45, 7) is 1.83. The second kappa shape index (κ2) is 3.58. The Labute approximate surface area is 69.7 Å². The first-order valence-electron chi connectivity index (χ1n) is 3.19. The molecule has 0 amide bonds. The zero-order valence-electron chi connectivity index (χ0n) is 6.10. The maximum Gasteiger partial charge on any atom is 0.162 e. The molecule has 0 fully saturated rings. The molecule has 0 saturated carbocycles. The standard InChI is InChI=1S/C8H8ClFO/c1-6-2-3-7(10)4-8(6)11-5-9/h2-4H,5H2,1H3. The summed E-state index contributed by atoms with van der Waals surface area (Å²) in [4.78, 5) is 0. The lowest BCUT2D eigenvalue weighted by molar-refractivity contribution is 0.382. The van der Waals surface area contributed by atoms with Crippen LogP contribution in [0.4, 0.5) is 4.39 Å². The Morgan fingerprint density at radius 3 is 2.91 bits per heavy atom. The maximum absolute atomic E-state index is 12.5. The van der Waals surface area contributed by atoms with Crippen LogP contribution >= 0.6 is 11.6 Å². The number of hydrogen-bond acceptors (Lipinski definition) is 1. The van der Waals surface area contributed by atoms with E-state index in [1.54, 1.807) is 6.07 Å². The van der Waals surface area contributed by atoms with Crippen LogP contribution in [0.2, 0.25) is 0 Å². The lowest BCUT2D eigenvalue weighted by atomic mass is 10.2. The zero-order valence-corrected chi connectivity index (χ0v) is 6.86. The van der Waals surface area contributed by atoms with Crippen LogP contribution in [0.3, 0.4) is 0 Å². The van der Waals surface area contributed by atoms with Gasteiger partial charge in [0.1, 0.15) is 11.6 Å². The normalized spacial score (nSPS) is 9.73. The summed E-state index contributed by atoms with van der Waals surface area (Å²) in [7, 11) is 0. The van der Waals surface area contributed by atoms with Crippen molar-refractivity contribution in [2.45, 2.75) is 6.92 Å². The van der Waals surface area contributed by atoms with Crippen LogP contribution in [0.1, 0.15) is 5.56 Å². The predicted molar refractivity (Wildman–Crippen MR) is 42.5 cm³/mol. The molecule has 1 aromatic rings. The minimum atomic E-state index is -0.310. The molecule has 0 unspecified atom stereocenters. The molecule has 1 nitrogen and oxygen atoms in total. The lowest BCUT2D eigenvalue weighted by Crippen LogP contribution is -1.92. The fraction of sp³-hybridized carbons (Fsp3) is 0.250. The molecule has 1 rings (SSSR count). The molecule has 1 aromatic carbocycles. The number of aryl methyl sites for hydroxylation is 1. The minimum Gasteiger partial charge on any atom is -0.478 e. The fourth-order valence-electron chi connectivity index (χ4n) is 0.788. The molecule has 0 N–H and O–H groups in total. The van der Waals surface area contributed by atoms with Gasteiger partial charge < -0.3 is 4.74 Å². The Morgan fingerprint density at radius 1 is 1.55 bits per heavy atom. The van der Waals surface area contributed by atoms with E-state index >= 15 is 0 Å². The molecule has 0 radical (unpaired) electrons. The van der Waals surface area contributed by atoms with E-state index in [2.05, 4.69) is 0 Å². The topological polar surface area (TPSA) is 9.23 Å². The molecule has 60 valence electrons. The first-order chi connectivity index (χ1) is 5.24. The van der Waals surface area contributed by atoms with E-state index < -0.39 is 0 Å². The first-order valence-corrected chi connectivity index (χ1v) is 3.72. The average Bonchev–Trinajstić information content (AvgIpc) is 1.98. The molecular formula is C8H8ClFO. The Bertz CT molecular complexity index is 250. The number of hydrogen-bond donors (Lipinski definition) is 0. The Hall–Kier alpha value is -0.760. The lowest BCUT2D eigenvalue weighted by Gasteiger charge is -2.04. The first kappa shape index (κ1) is 8.34. The molecule has 0 spiro atoms. The SMILES string of the molecule is Cc1ccc(F)cc1OCCl. The van der Waals surface area contributed by atoms with Crippen molar-refractivity contribution in [1.29, 1.82) is 0 Å². The predicted octanol–water partition coefficient (Wildman–Crippen LogP) is 2.71. The molecule has 0 aliphatic heterocycles. The van der Waals surface area contributed by atoms with Crippen LogP contribution < -0.4 is 4.74 Å². The van der Waals surface area contributed by atoms with E-state index in [1.165, 1.54) is 12.1 Å². The number of ether oxygens (including phenoxy) is 1. The molecular weight excluding hydrogens is 167 g/mol. The van der Waals surface area contributed by atoms with Crippen LogP contribution in [-0.2, 0) is 0 Å². The average molecular weight is 175 g/mol. The molecule has 11 heavy (non-hydrogen) atoms. The van der Waals surface area contributed by atoms with Crippen molar-refractivity contribution in [2.24, 2.45) is 0 Å². The van der Waals surface area contributed by atoms with Crippen molar-refractivity contribution in [1.82, 2.24) is 0 Å². The number of rotatable bonds is 2. The van der Waals surface area contributed by atoms with Gasteiger partial charge in [-0.15, -0.1) is 0 Å². The van der Waals surface area contributed by atoms with Gasteiger partial charge in [0.25, 0.3) is 0 Å². The van der Waals surface area contributed by atoms with Gasteiger partial charge in [0.2, 0.25) is 0 Å². The highest BCUT2D eigenvalue weighted by Crippen LogP contribution is 2.18. The van der Waals surface area contributed by atoms with E-state index in [9.17, 15) is 4.39 Å². The monoisotopic (exact) mass is 174 g/mol. The van der Waals surface area contributed by atoms with Gasteiger partial charge in [0, 0.05) is 6.07 Å². The molecule has 0 aromatic heterocycles. The van der Waals surface area contributed by atoms with Gasteiger partial charge in [-0.3, -0.25) is 0 Å². The van der Waals surface area contributed by atoms with E-state index in [0.29, 0.717) is 5.75 Å². The highest BCUT2D eigenvalue weighted by molar-refractivity contribution is 6.17. The largest absolute Gasteiger partial charge is 0.478 e. The van der Waals surface area contributed by atoms with Crippen molar-refractivity contribution in [3.05, 3.63) is 29.6 Å². The van der Waals surface area contributed by atoms with E-state index in [1.807, 2.05) is 6.92 Å². The molecule has 0 aliphatic rings. The minimum absolute atomic E-state index is 0.0459. The molecule has 0 bridgehead atoms. The number of benzene rings is 1. The molecule has 0 saturated heterocycles. The molecule has 0 atom stereocenters. The highest BCUT2D eigenvalue weighted by Gasteiger charge is 1.99. The van der Waals surface area contributed by atoms with E-state index in [-0.39, 0.29) is 11.9 Å². The third-order valence-corrected chi connectivity index (χ3v) is 1.47. The highest BCUT2D eigenvalue weighted by atomic mass is 35.5. The summed E-state index contributed by atoms with van der Waals surface area (Å²) in [5.74, 6) is 0.190. The van der Waals surface area contributed by atoms with Crippen LogP contribution in [0.5, 0.6) is 5.75 Å². The van der Waals surface area contributed by atoms with Crippen molar-refractivity contribution < 1.29 is 9.13 Å². The van der Waals surface area contributed by atoms with Gasteiger partial charge >= 0.3 is 0 Å². The number of halogens is 2. The van der Waals surface area contributed by atoms with Crippen molar-refractivity contribution in [3.63, 3.8) is 0 Å². The van der Waals surface area contributed by atoms with Gasteiger partial charge in [-0.25, -0.2) is 4.39 Å². The van der Waals surface area contributed by atoms with Gasteiger partial charge in [-0.1, -0.05) is 17.7 Å². The summed E-state index contributed by atoms with van der Waals surface area (Å²) >= 11 is 5.32. The third-order valence-electron chi connectivity index (χ3n) is 1.36. The fourth-order valence-corrected chi connectivity index (χ4v) is 0.906. The Kier molecular flexibility index (Phi) is 2.71. The van der Waals surface area contributed by atoms with Gasteiger partial charge in [0.15, 0.2) is 6.07 Å². The maximum atomic E-state index is 12.5. The van der Waals surface area contributed by atoms with E-state index in [0.717, 1.165) is 5.56 Å². The van der Waals surface area contributed by atoms with Crippen LogP contribution in [-0.4, -0.2) is 6.07 Å². The summed E-state index contributed by atoms with van der Waals surface area (Å²) in [5.41, 5.74) is 0.882. The summed E-state index contributed by atoms with van der Waals surface area (Å²) in [6.07, 6.45) is 0. The van der Waals surface area contributed by atoms with Crippen molar-refractivity contribution in [3.8, 4) is 5.75 Å². The second-order valence-corrected chi connectivity index (χ2v) is 2.38. The smallest absolute Gasteiger partial charge is 0.162 e. The van der Waals surface area contributed by atoms with Gasteiger partial charge in [-0.05, 0) is 18.6 Å². The second-order valence-electron chi connectivity index (χ2n) is 2.16. The van der Waals surface area contributed by atoms with Crippen LogP contribution in [0.15, 0.2) is 18.2 Å². The summed E-state index contributed by atoms with van der Waals surface area (Å²) < 4.78 is 17.5. The van der Waals surface area contributed by atoms with E-state index in [4.69, 9.17) is 16.3 Å². The molecule has 0 heterocycles. The quantitative estimate of drug-likeness (QED) is 0.627. The van der Waals surface area contributed by atoms with Gasteiger partial charge in [0.05, 0.1) is 0 Å². The van der Waals surface area contributed by atoms with Crippen molar-refractivity contribution >= 4 is 11.6 Å². The Morgan fingerprint density at radius 2 is 2.27 bits per heavy atom. The van der Waals surface area contributed by atoms with Crippen LogP contribution in [0, 0.1) is 12.7 Å². The Balaban J connectivity index is 2.93. The molecule has 0 aliphatic carbocycles. The third kappa shape index (κ3) is 2.09. The van der Waals surface area contributed by atoms with Crippen LogP contribution in [0.25, 0.3) is 0 Å². The number of alkyl halides is 1. The summed E-state index contributed by atoms with van der Waals surface area (Å²) in [5, 5.41) is 0. The summed E-state index contributed by atoms with van der Waals surface area (Å²) in [6, 6.07) is 4.40. The zero-order chi connectivity index (χ0) is 8.27. The van der Waals surface area contributed by atoms with Gasteiger partial charge in [-0.2, -0.15) is 0 Å². The molecule has 3 heteroatoms. The van der Waals surface area contributed by atoms with Crippen molar-refractivity contribution in [2.75, 3.05) is 6.07 Å².